The molecule has 0 saturated heterocycles. The Balaban J connectivity index is 1.53. The molecule has 6 rings (SSSR count). The summed E-state index contributed by atoms with van der Waals surface area (Å²) in [5.74, 6) is 0.660. The van der Waals surface area contributed by atoms with Crippen LogP contribution in [0.25, 0.3) is 56.0 Å². The Bertz CT molecular complexity index is 1450. The number of nitrogens with zero attached hydrogens (tertiary/aromatic N) is 4. The highest BCUT2D eigenvalue weighted by Crippen LogP contribution is 2.32. The zero-order valence-electron chi connectivity index (χ0n) is 15.1. The highest BCUT2D eigenvalue weighted by molar-refractivity contribution is 5.97. The monoisotopic (exact) mass is 378 g/mol. The van der Waals surface area contributed by atoms with Crippen LogP contribution in [-0.4, -0.2) is 30.1 Å². The quantitative estimate of drug-likeness (QED) is 0.460. The number of aromatic amines is 2. The number of pyridine rings is 2. The van der Waals surface area contributed by atoms with Crippen molar-refractivity contribution < 1.29 is 4.42 Å². The fraction of sp³-hybridized carbons (Fsp3) is 0. The van der Waals surface area contributed by atoms with E-state index in [9.17, 15) is 0 Å². The second kappa shape index (κ2) is 6.13. The van der Waals surface area contributed by atoms with Crippen molar-refractivity contribution in [2.24, 2.45) is 0 Å². The fourth-order valence-corrected chi connectivity index (χ4v) is 3.57. The van der Waals surface area contributed by atoms with E-state index in [1.165, 1.54) is 0 Å². The first-order chi connectivity index (χ1) is 14.4. The van der Waals surface area contributed by atoms with Crippen LogP contribution in [0.3, 0.4) is 0 Å². The number of aromatic nitrogens is 6. The number of benzene rings is 1. The Morgan fingerprint density at radius 3 is 2.76 bits per heavy atom. The molecule has 0 spiro atoms. The lowest BCUT2D eigenvalue weighted by Gasteiger charge is -2.01. The van der Waals surface area contributed by atoms with Crippen molar-refractivity contribution in [1.29, 1.82) is 0 Å². The summed E-state index contributed by atoms with van der Waals surface area (Å²) in [6, 6.07) is 15.8. The zero-order valence-corrected chi connectivity index (χ0v) is 15.1. The Morgan fingerprint density at radius 1 is 0.897 bits per heavy atom. The zero-order chi connectivity index (χ0) is 19.2. The molecule has 0 fully saturated rings. The lowest BCUT2D eigenvalue weighted by atomic mass is 10.1. The van der Waals surface area contributed by atoms with Crippen molar-refractivity contribution >= 4 is 22.1 Å². The lowest BCUT2D eigenvalue weighted by molar-refractivity contribution is 0.568. The van der Waals surface area contributed by atoms with Gasteiger partial charge in [-0.25, -0.2) is 9.97 Å². The van der Waals surface area contributed by atoms with Gasteiger partial charge in [0.05, 0.1) is 29.3 Å². The molecule has 138 valence electrons. The van der Waals surface area contributed by atoms with Crippen LogP contribution in [-0.2, 0) is 0 Å². The summed E-state index contributed by atoms with van der Waals surface area (Å²) >= 11 is 0. The molecule has 7 nitrogen and oxygen atoms in total. The molecule has 29 heavy (non-hydrogen) atoms. The molecule has 0 aliphatic heterocycles. The first-order valence-electron chi connectivity index (χ1n) is 9.14. The van der Waals surface area contributed by atoms with Crippen molar-refractivity contribution in [3.63, 3.8) is 0 Å². The minimum atomic E-state index is 0.635. The predicted molar refractivity (Wildman–Crippen MR) is 110 cm³/mol. The van der Waals surface area contributed by atoms with Crippen molar-refractivity contribution in [3.8, 4) is 33.9 Å². The van der Waals surface area contributed by atoms with Crippen LogP contribution in [0.5, 0.6) is 0 Å². The molecule has 7 heteroatoms. The van der Waals surface area contributed by atoms with Crippen LogP contribution >= 0.6 is 0 Å². The van der Waals surface area contributed by atoms with E-state index in [1.54, 1.807) is 24.9 Å². The van der Waals surface area contributed by atoms with E-state index < -0.39 is 0 Å². The minimum Gasteiger partial charge on any atom is -0.472 e. The van der Waals surface area contributed by atoms with E-state index >= 15 is 0 Å². The number of nitrogens with one attached hydrogen (secondary N) is 2. The van der Waals surface area contributed by atoms with E-state index in [4.69, 9.17) is 4.42 Å². The summed E-state index contributed by atoms with van der Waals surface area (Å²) in [7, 11) is 0. The molecule has 1 aromatic carbocycles. The summed E-state index contributed by atoms with van der Waals surface area (Å²) in [6.45, 7) is 0. The second-order valence-electron chi connectivity index (χ2n) is 6.70. The topological polar surface area (TPSA) is 96.3 Å². The van der Waals surface area contributed by atoms with Crippen molar-refractivity contribution in [1.82, 2.24) is 30.1 Å². The average molecular weight is 378 g/mol. The maximum absolute atomic E-state index is 5.23. The summed E-state index contributed by atoms with van der Waals surface area (Å²) in [4.78, 5) is 16.9. The smallest absolute Gasteiger partial charge is 0.178 e. The standard InChI is InChI=1S/C22H14N6O/c1-2-8-23-17(3-1)13-4-5-18-16(11-13)20(28-27-18)22-25-19-15(14-7-10-29-12-14)6-9-24-21(19)26-22/h1-12H,(H,27,28)(H,24,25,26). The highest BCUT2D eigenvalue weighted by atomic mass is 16.3. The maximum atomic E-state index is 5.23. The van der Waals surface area contributed by atoms with Crippen molar-refractivity contribution in [2.45, 2.75) is 0 Å². The number of H-pyrrole nitrogens is 2. The first kappa shape index (κ1) is 15.8. The maximum Gasteiger partial charge on any atom is 0.178 e. The number of furan rings is 1. The number of rotatable bonds is 3. The molecular formula is C22H14N6O. The van der Waals surface area contributed by atoms with E-state index in [0.29, 0.717) is 11.5 Å². The van der Waals surface area contributed by atoms with Gasteiger partial charge in [-0.2, -0.15) is 5.10 Å². The molecule has 0 aliphatic carbocycles. The number of hydrogen-bond donors (Lipinski definition) is 2. The summed E-state index contributed by atoms with van der Waals surface area (Å²) < 4.78 is 5.23. The normalized spacial score (nSPS) is 11.4. The molecule has 0 amide bonds. The van der Waals surface area contributed by atoms with Crippen LogP contribution in [0.1, 0.15) is 0 Å². The molecule has 5 heterocycles. The van der Waals surface area contributed by atoms with Gasteiger partial charge in [-0.3, -0.25) is 10.1 Å². The molecule has 2 N–H and O–H groups in total. The number of imidazole rings is 1. The van der Waals surface area contributed by atoms with Gasteiger partial charge in [0, 0.05) is 34.5 Å². The van der Waals surface area contributed by atoms with Gasteiger partial charge in [0.2, 0.25) is 0 Å². The van der Waals surface area contributed by atoms with E-state index in [0.717, 1.165) is 44.5 Å². The van der Waals surface area contributed by atoms with Gasteiger partial charge in [0.1, 0.15) is 5.69 Å². The van der Waals surface area contributed by atoms with Crippen LogP contribution in [0.2, 0.25) is 0 Å². The Kier molecular flexibility index (Phi) is 3.33. The van der Waals surface area contributed by atoms with E-state index in [1.807, 2.05) is 42.5 Å². The lowest BCUT2D eigenvalue weighted by Crippen LogP contribution is -1.84. The van der Waals surface area contributed by atoms with Gasteiger partial charge in [-0.05, 0) is 36.4 Å². The molecule has 5 aromatic heterocycles. The van der Waals surface area contributed by atoms with E-state index in [-0.39, 0.29) is 0 Å². The Labute approximate surface area is 164 Å². The highest BCUT2D eigenvalue weighted by Gasteiger charge is 2.16. The van der Waals surface area contributed by atoms with Crippen molar-refractivity contribution in [3.05, 3.63) is 73.5 Å². The molecule has 0 aliphatic rings. The molecule has 0 radical (unpaired) electrons. The third-order valence-electron chi connectivity index (χ3n) is 4.97. The summed E-state index contributed by atoms with van der Waals surface area (Å²) in [5, 5.41) is 8.56. The van der Waals surface area contributed by atoms with Gasteiger partial charge >= 0.3 is 0 Å². The molecule has 0 unspecified atom stereocenters. The van der Waals surface area contributed by atoms with Gasteiger partial charge in [0.15, 0.2) is 11.5 Å². The predicted octanol–water partition coefficient (Wildman–Crippen LogP) is 4.82. The summed E-state index contributed by atoms with van der Waals surface area (Å²) in [6.07, 6.45) is 6.90. The molecule has 0 bridgehead atoms. The SMILES string of the molecule is c1ccc(-c2ccc3[nH]nc(-c4nc5nccc(-c6ccoc6)c5[nH]4)c3c2)nc1. The van der Waals surface area contributed by atoms with Crippen molar-refractivity contribution in [2.75, 3.05) is 0 Å². The molecule has 6 aromatic rings. The average Bonchev–Trinajstić information content (AvgIpc) is 3.52. The fourth-order valence-electron chi connectivity index (χ4n) is 3.57. The van der Waals surface area contributed by atoms with Gasteiger partial charge in [-0.1, -0.05) is 12.1 Å². The van der Waals surface area contributed by atoms with E-state index in [2.05, 4.69) is 36.2 Å². The third-order valence-corrected chi connectivity index (χ3v) is 4.97. The Morgan fingerprint density at radius 2 is 1.90 bits per heavy atom. The molecule has 0 atom stereocenters. The number of fused-ring (bicyclic) bond motifs is 2. The third kappa shape index (κ3) is 2.52. The van der Waals surface area contributed by atoms with Crippen LogP contribution < -0.4 is 0 Å². The summed E-state index contributed by atoms with van der Waals surface area (Å²) in [5.41, 5.74) is 7.05. The van der Waals surface area contributed by atoms with Gasteiger partial charge in [-0.15, -0.1) is 0 Å². The molecule has 0 saturated carbocycles. The minimum absolute atomic E-state index is 0.635. The number of hydrogen-bond acceptors (Lipinski definition) is 5. The van der Waals surface area contributed by atoms with Crippen LogP contribution in [0.4, 0.5) is 0 Å². The second-order valence-corrected chi connectivity index (χ2v) is 6.70. The van der Waals surface area contributed by atoms with Crippen LogP contribution in [0.15, 0.2) is 77.9 Å². The van der Waals surface area contributed by atoms with Gasteiger partial charge in [0.25, 0.3) is 0 Å². The van der Waals surface area contributed by atoms with Gasteiger partial charge < -0.3 is 9.40 Å². The largest absolute Gasteiger partial charge is 0.472 e. The first-order valence-corrected chi connectivity index (χ1v) is 9.14. The van der Waals surface area contributed by atoms with Crippen LogP contribution in [0, 0.1) is 0 Å². The Hall–Kier alpha value is -4.26. The molecular weight excluding hydrogens is 364 g/mol.